The number of hydrogen-bond donors (Lipinski definition) is 1. The van der Waals surface area contributed by atoms with Gasteiger partial charge in [0, 0.05) is 36.6 Å². The van der Waals surface area contributed by atoms with E-state index in [1.165, 1.54) is 37.2 Å². The minimum Gasteiger partial charge on any atom is -0.310 e. The maximum Gasteiger partial charge on any atom is 0.0931 e. The van der Waals surface area contributed by atoms with Crippen molar-refractivity contribution in [1.82, 2.24) is 10.2 Å². The van der Waals surface area contributed by atoms with E-state index in [1.807, 2.05) is 6.07 Å². The molecule has 2 aliphatic rings. The van der Waals surface area contributed by atoms with Crippen LogP contribution in [0.4, 0.5) is 0 Å². The van der Waals surface area contributed by atoms with Gasteiger partial charge in [0.15, 0.2) is 0 Å². The van der Waals surface area contributed by atoms with Gasteiger partial charge < -0.3 is 5.32 Å². The molecule has 1 saturated heterocycles. The molecule has 0 aromatic carbocycles. The summed E-state index contributed by atoms with van der Waals surface area (Å²) in [5, 5.41) is 3.71. The van der Waals surface area contributed by atoms with Crippen LogP contribution in [0.15, 0.2) is 12.1 Å². The molecular formula is C12H17ClN2S. The predicted octanol–water partition coefficient (Wildman–Crippen LogP) is 2.73. The number of halogens is 1. The highest BCUT2D eigenvalue weighted by Crippen LogP contribution is 2.25. The Kier molecular flexibility index (Phi) is 3.20. The van der Waals surface area contributed by atoms with Crippen LogP contribution in [-0.2, 0) is 6.54 Å². The molecule has 1 atom stereocenters. The molecule has 1 aromatic heterocycles. The Labute approximate surface area is 106 Å². The summed E-state index contributed by atoms with van der Waals surface area (Å²) in [6.07, 6.45) is 4.07. The fourth-order valence-corrected chi connectivity index (χ4v) is 3.48. The minimum absolute atomic E-state index is 0.725. The van der Waals surface area contributed by atoms with Crippen molar-refractivity contribution in [2.45, 2.75) is 37.9 Å². The summed E-state index contributed by atoms with van der Waals surface area (Å²) in [7, 11) is 0. The van der Waals surface area contributed by atoms with E-state index in [0.29, 0.717) is 0 Å². The molecular weight excluding hydrogens is 240 g/mol. The molecule has 2 fully saturated rings. The lowest BCUT2D eigenvalue weighted by atomic mass is 10.2. The van der Waals surface area contributed by atoms with Crippen LogP contribution in [0.25, 0.3) is 0 Å². The van der Waals surface area contributed by atoms with Crippen molar-refractivity contribution in [2.75, 3.05) is 13.1 Å². The van der Waals surface area contributed by atoms with Crippen molar-refractivity contribution in [1.29, 1.82) is 0 Å². The minimum atomic E-state index is 0.725. The first-order valence-electron chi connectivity index (χ1n) is 6.02. The van der Waals surface area contributed by atoms with Crippen LogP contribution >= 0.6 is 22.9 Å². The van der Waals surface area contributed by atoms with Crippen LogP contribution in [-0.4, -0.2) is 30.1 Å². The molecule has 1 aliphatic heterocycles. The molecule has 1 aromatic rings. The van der Waals surface area contributed by atoms with Crippen molar-refractivity contribution in [3.05, 3.63) is 21.3 Å². The summed E-state index contributed by atoms with van der Waals surface area (Å²) in [6.45, 7) is 3.49. The van der Waals surface area contributed by atoms with Gasteiger partial charge in [-0.2, -0.15) is 0 Å². The van der Waals surface area contributed by atoms with E-state index in [0.717, 1.165) is 23.0 Å². The first kappa shape index (κ1) is 11.0. The quantitative estimate of drug-likeness (QED) is 0.891. The van der Waals surface area contributed by atoms with Gasteiger partial charge in [-0.05, 0) is 31.4 Å². The maximum absolute atomic E-state index is 5.94. The van der Waals surface area contributed by atoms with Gasteiger partial charge in [-0.15, -0.1) is 11.3 Å². The second kappa shape index (κ2) is 4.65. The Morgan fingerprint density at radius 1 is 1.31 bits per heavy atom. The number of nitrogens with zero attached hydrogens (tertiary/aromatic N) is 1. The van der Waals surface area contributed by atoms with Crippen LogP contribution in [0, 0.1) is 0 Å². The summed E-state index contributed by atoms with van der Waals surface area (Å²) in [6, 6.07) is 5.70. The monoisotopic (exact) mass is 256 g/mol. The number of likely N-dealkylation sites (tertiary alicyclic amines) is 1. The van der Waals surface area contributed by atoms with Crippen LogP contribution in [0.5, 0.6) is 0 Å². The maximum atomic E-state index is 5.94. The van der Waals surface area contributed by atoms with Crippen LogP contribution < -0.4 is 5.32 Å². The highest BCUT2D eigenvalue weighted by atomic mass is 35.5. The Morgan fingerprint density at radius 2 is 2.19 bits per heavy atom. The largest absolute Gasteiger partial charge is 0.310 e. The summed E-state index contributed by atoms with van der Waals surface area (Å²) >= 11 is 7.64. The van der Waals surface area contributed by atoms with Crippen molar-refractivity contribution in [3.8, 4) is 0 Å². The zero-order chi connectivity index (χ0) is 11.0. The summed E-state index contributed by atoms with van der Waals surface area (Å²) in [4.78, 5) is 3.92. The Bertz CT molecular complexity index is 362. The number of hydrogen-bond acceptors (Lipinski definition) is 3. The van der Waals surface area contributed by atoms with E-state index in [9.17, 15) is 0 Å². The van der Waals surface area contributed by atoms with E-state index < -0.39 is 0 Å². The fraction of sp³-hybridized carbons (Fsp3) is 0.667. The lowest BCUT2D eigenvalue weighted by Gasteiger charge is -2.15. The first-order valence-corrected chi connectivity index (χ1v) is 7.21. The smallest absolute Gasteiger partial charge is 0.0931 e. The molecule has 1 N–H and O–H groups in total. The van der Waals surface area contributed by atoms with Crippen LogP contribution in [0.3, 0.4) is 0 Å². The number of nitrogens with one attached hydrogen (secondary N) is 1. The Morgan fingerprint density at radius 3 is 2.88 bits per heavy atom. The SMILES string of the molecule is Clc1ccc(CN2CCC(NC3CC3)C2)s1. The van der Waals surface area contributed by atoms with Crippen LogP contribution in [0.1, 0.15) is 24.1 Å². The van der Waals surface area contributed by atoms with E-state index in [1.54, 1.807) is 11.3 Å². The molecule has 16 heavy (non-hydrogen) atoms. The molecule has 0 spiro atoms. The third-order valence-corrected chi connectivity index (χ3v) is 4.55. The lowest BCUT2D eigenvalue weighted by molar-refractivity contribution is 0.322. The molecule has 0 bridgehead atoms. The molecule has 1 unspecified atom stereocenters. The van der Waals surface area contributed by atoms with Crippen LogP contribution in [0.2, 0.25) is 4.34 Å². The fourth-order valence-electron chi connectivity index (χ4n) is 2.35. The molecule has 4 heteroatoms. The second-order valence-electron chi connectivity index (χ2n) is 4.87. The summed E-state index contributed by atoms with van der Waals surface area (Å²) in [5.74, 6) is 0. The van der Waals surface area contributed by atoms with E-state index >= 15 is 0 Å². The zero-order valence-corrected chi connectivity index (χ0v) is 10.9. The molecule has 1 aliphatic carbocycles. The molecule has 0 radical (unpaired) electrons. The molecule has 1 saturated carbocycles. The second-order valence-corrected chi connectivity index (χ2v) is 6.67. The topological polar surface area (TPSA) is 15.3 Å². The van der Waals surface area contributed by atoms with Crippen molar-refractivity contribution in [2.24, 2.45) is 0 Å². The Hall–Kier alpha value is -0.0900. The van der Waals surface area contributed by atoms with Gasteiger partial charge in [-0.1, -0.05) is 11.6 Å². The average Bonchev–Trinajstić information content (AvgIpc) is 2.80. The van der Waals surface area contributed by atoms with Crippen molar-refractivity contribution >= 4 is 22.9 Å². The van der Waals surface area contributed by atoms with Crippen molar-refractivity contribution in [3.63, 3.8) is 0 Å². The van der Waals surface area contributed by atoms with Gasteiger partial charge in [0.1, 0.15) is 0 Å². The highest BCUT2D eigenvalue weighted by molar-refractivity contribution is 7.16. The molecule has 2 heterocycles. The van der Waals surface area contributed by atoms with Gasteiger partial charge in [0.25, 0.3) is 0 Å². The van der Waals surface area contributed by atoms with Gasteiger partial charge >= 0.3 is 0 Å². The lowest BCUT2D eigenvalue weighted by Crippen LogP contribution is -2.33. The predicted molar refractivity (Wildman–Crippen MR) is 69.2 cm³/mol. The number of thiophene rings is 1. The van der Waals surface area contributed by atoms with Gasteiger partial charge in [-0.3, -0.25) is 4.90 Å². The third-order valence-electron chi connectivity index (χ3n) is 3.33. The summed E-state index contributed by atoms with van der Waals surface area (Å²) < 4.78 is 0.904. The normalized spacial score (nSPS) is 26.4. The summed E-state index contributed by atoms with van der Waals surface area (Å²) in [5.41, 5.74) is 0. The molecule has 2 nitrogen and oxygen atoms in total. The van der Waals surface area contributed by atoms with E-state index in [2.05, 4.69) is 16.3 Å². The zero-order valence-electron chi connectivity index (χ0n) is 9.29. The first-order chi connectivity index (χ1) is 7.79. The van der Waals surface area contributed by atoms with Gasteiger partial charge in [0.05, 0.1) is 4.34 Å². The van der Waals surface area contributed by atoms with Crippen molar-refractivity contribution < 1.29 is 0 Å². The standard InChI is InChI=1S/C12H17ClN2S/c13-12-4-3-11(16-12)8-15-6-5-10(7-15)14-9-1-2-9/h3-4,9-10,14H,1-2,5-8H2. The molecule has 0 amide bonds. The number of rotatable bonds is 4. The highest BCUT2D eigenvalue weighted by Gasteiger charge is 2.29. The third kappa shape index (κ3) is 2.77. The average molecular weight is 257 g/mol. The van der Waals surface area contributed by atoms with Gasteiger partial charge in [-0.25, -0.2) is 0 Å². The van der Waals surface area contributed by atoms with E-state index in [-0.39, 0.29) is 0 Å². The molecule has 88 valence electrons. The van der Waals surface area contributed by atoms with E-state index in [4.69, 9.17) is 11.6 Å². The Balaban J connectivity index is 1.49. The molecule has 3 rings (SSSR count). The van der Waals surface area contributed by atoms with Gasteiger partial charge in [0.2, 0.25) is 0 Å².